The van der Waals surface area contributed by atoms with Gasteiger partial charge in [0.05, 0.1) is 19.5 Å². The Balaban J connectivity index is 2.45. The molecule has 0 bridgehead atoms. The molecule has 0 spiro atoms. The second kappa shape index (κ2) is 2.13. The quantitative estimate of drug-likeness (QED) is 0.544. The van der Waals surface area contributed by atoms with Crippen LogP contribution in [0.3, 0.4) is 0 Å². The van der Waals surface area contributed by atoms with Gasteiger partial charge in [0.2, 0.25) is 0 Å². The first-order valence-corrected chi connectivity index (χ1v) is 3.51. The average molecular weight is 138 g/mol. The molecule has 1 aromatic heterocycles. The van der Waals surface area contributed by atoms with Gasteiger partial charge in [0.1, 0.15) is 5.76 Å². The number of fused-ring (bicyclic) bond motifs is 1. The highest BCUT2D eigenvalue weighted by molar-refractivity contribution is 5.27. The summed E-state index contributed by atoms with van der Waals surface area (Å²) >= 11 is 0. The van der Waals surface area contributed by atoms with Gasteiger partial charge < -0.3 is 9.15 Å². The van der Waals surface area contributed by atoms with Crippen LogP contribution >= 0.6 is 0 Å². The van der Waals surface area contributed by atoms with E-state index in [1.165, 1.54) is 11.1 Å². The SMILES string of the molecule is Cc1occ2c1COCC2. The van der Waals surface area contributed by atoms with E-state index in [2.05, 4.69) is 0 Å². The lowest BCUT2D eigenvalue weighted by molar-refractivity contribution is 0.110. The molecule has 2 rings (SSSR count). The lowest BCUT2D eigenvalue weighted by Crippen LogP contribution is -2.07. The molecule has 0 atom stereocenters. The van der Waals surface area contributed by atoms with Crippen LogP contribution in [0.2, 0.25) is 0 Å². The highest BCUT2D eigenvalue weighted by Crippen LogP contribution is 2.21. The second-order valence-corrected chi connectivity index (χ2v) is 2.60. The van der Waals surface area contributed by atoms with Crippen LogP contribution in [0.25, 0.3) is 0 Å². The third kappa shape index (κ3) is 0.762. The maximum atomic E-state index is 5.28. The van der Waals surface area contributed by atoms with Gasteiger partial charge in [-0.1, -0.05) is 0 Å². The number of hydrogen-bond acceptors (Lipinski definition) is 2. The fourth-order valence-electron chi connectivity index (χ4n) is 1.29. The van der Waals surface area contributed by atoms with Gasteiger partial charge in [0.25, 0.3) is 0 Å². The highest BCUT2D eigenvalue weighted by atomic mass is 16.5. The molecule has 1 aliphatic rings. The van der Waals surface area contributed by atoms with Crippen LogP contribution in [0.1, 0.15) is 16.9 Å². The van der Waals surface area contributed by atoms with Crippen molar-refractivity contribution in [1.29, 1.82) is 0 Å². The van der Waals surface area contributed by atoms with Gasteiger partial charge in [-0.05, 0) is 18.9 Å². The molecule has 10 heavy (non-hydrogen) atoms. The van der Waals surface area contributed by atoms with Gasteiger partial charge in [0.15, 0.2) is 0 Å². The summed E-state index contributed by atoms with van der Waals surface area (Å²) in [5.74, 6) is 1.01. The third-order valence-electron chi connectivity index (χ3n) is 1.95. The van der Waals surface area contributed by atoms with Crippen molar-refractivity contribution in [3.8, 4) is 0 Å². The molecule has 0 saturated heterocycles. The number of hydrogen-bond donors (Lipinski definition) is 0. The van der Waals surface area contributed by atoms with Crippen LogP contribution < -0.4 is 0 Å². The molecule has 0 N–H and O–H groups in total. The molecule has 1 aliphatic heterocycles. The first kappa shape index (κ1) is 5.98. The number of rotatable bonds is 0. The second-order valence-electron chi connectivity index (χ2n) is 2.60. The lowest BCUT2D eigenvalue weighted by Gasteiger charge is -2.10. The first-order valence-electron chi connectivity index (χ1n) is 3.51. The Morgan fingerprint density at radius 2 is 2.40 bits per heavy atom. The molecule has 1 aromatic rings. The largest absolute Gasteiger partial charge is 0.469 e. The number of ether oxygens (including phenoxy) is 1. The summed E-state index contributed by atoms with van der Waals surface area (Å²) in [7, 11) is 0. The minimum Gasteiger partial charge on any atom is -0.469 e. The van der Waals surface area contributed by atoms with E-state index in [0.29, 0.717) is 0 Å². The molecule has 0 amide bonds. The highest BCUT2D eigenvalue weighted by Gasteiger charge is 2.13. The molecule has 0 saturated carbocycles. The summed E-state index contributed by atoms with van der Waals surface area (Å²) in [6, 6.07) is 0. The summed E-state index contributed by atoms with van der Waals surface area (Å²) < 4.78 is 10.5. The summed E-state index contributed by atoms with van der Waals surface area (Å²) in [6.45, 7) is 3.55. The molecule has 2 nitrogen and oxygen atoms in total. The predicted octanol–water partition coefficient (Wildman–Crippen LogP) is 1.66. The molecule has 2 heterocycles. The van der Waals surface area contributed by atoms with Crippen molar-refractivity contribution >= 4 is 0 Å². The van der Waals surface area contributed by atoms with Gasteiger partial charge in [-0.15, -0.1) is 0 Å². The number of aryl methyl sites for hydroxylation is 1. The zero-order chi connectivity index (χ0) is 6.97. The Morgan fingerprint density at radius 1 is 1.50 bits per heavy atom. The van der Waals surface area contributed by atoms with E-state index in [-0.39, 0.29) is 0 Å². The topological polar surface area (TPSA) is 22.4 Å². The summed E-state index contributed by atoms with van der Waals surface area (Å²) in [6.07, 6.45) is 2.85. The van der Waals surface area contributed by atoms with Crippen LogP contribution in [0.5, 0.6) is 0 Å². The summed E-state index contributed by atoms with van der Waals surface area (Å²) in [5, 5.41) is 0. The van der Waals surface area contributed by atoms with Gasteiger partial charge >= 0.3 is 0 Å². The Morgan fingerprint density at radius 3 is 3.20 bits per heavy atom. The zero-order valence-corrected chi connectivity index (χ0v) is 6.02. The molecule has 0 aromatic carbocycles. The van der Waals surface area contributed by atoms with Crippen LogP contribution in [-0.2, 0) is 17.8 Å². The molecule has 0 radical (unpaired) electrons. The van der Waals surface area contributed by atoms with E-state index < -0.39 is 0 Å². The van der Waals surface area contributed by atoms with Gasteiger partial charge in [-0.2, -0.15) is 0 Å². The smallest absolute Gasteiger partial charge is 0.106 e. The van der Waals surface area contributed by atoms with Crippen molar-refractivity contribution in [2.45, 2.75) is 20.0 Å². The number of furan rings is 1. The first-order chi connectivity index (χ1) is 4.88. The minimum absolute atomic E-state index is 0.734. The van der Waals surface area contributed by atoms with Gasteiger partial charge in [0, 0.05) is 5.56 Å². The zero-order valence-electron chi connectivity index (χ0n) is 6.02. The maximum absolute atomic E-state index is 5.28. The Bertz CT molecular complexity index is 237. The summed E-state index contributed by atoms with van der Waals surface area (Å²) in [4.78, 5) is 0. The lowest BCUT2D eigenvalue weighted by atomic mass is 10.1. The van der Waals surface area contributed by atoms with E-state index in [9.17, 15) is 0 Å². The maximum Gasteiger partial charge on any atom is 0.106 e. The van der Waals surface area contributed by atoms with Crippen molar-refractivity contribution in [3.63, 3.8) is 0 Å². The Hall–Kier alpha value is -0.760. The monoisotopic (exact) mass is 138 g/mol. The Kier molecular flexibility index (Phi) is 1.27. The van der Waals surface area contributed by atoms with Crippen molar-refractivity contribution in [2.75, 3.05) is 6.61 Å². The molecule has 2 heteroatoms. The van der Waals surface area contributed by atoms with E-state index >= 15 is 0 Å². The molecular formula is C8H10O2. The summed E-state index contributed by atoms with van der Waals surface area (Å²) in [5.41, 5.74) is 2.58. The van der Waals surface area contributed by atoms with Crippen LogP contribution in [0.4, 0.5) is 0 Å². The molecular weight excluding hydrogens is 128 g/mol. The molecule has 0 fully saturated rings. The standard InChI is InChI=1S/C8H10O2/c1-6-8-5-9-3-2-7(8)4-10-6/h4H,2-3,5H2,1H3. The van der Waals surface area contributed by atoms with Crippen molar-refractivity contribution < 1.29 is 9.15 Å². The fraction of sp³-hybridized carbons (Fsp3) is 0.500. The molecule has 0 aliphatic carbocycles. The molecule has 0 unspecified atom stereocenters. The van der Waals surface area contributed by atoms with Crippen LogP contribution in [0, 0.1) is 6.92 Å². The predicted molar refractivity (Wildman–Crippen MR) is 36.8 cm³/mol. The van der Waals surface area contributed by atoms with Gasteiger partial charge in [-0.25, -0.2) is 0 Å². The van der Waals surface area contributed by atoms with Gasteiger partial charge in [-0.3, -0.25) is 0 Å². The molecule has 54 valence electrons. The normalized spacial score (nSPS) is 16.9. The third-order valence-corrected chi connectivity index (χ3v) is 1.95. The van der Waals surface area contributed by atoms with Crippen molar-refractivity contribution in [1.82, 2.24) is 0 Å². The van der Waals surface area contributed by atoms with Crippen molar-refractivity contribution in [3.05, 3.63) is 23.2 Å². The minimum atomic E-state index is 0.734. The Labute approximate surface area is 59.8 Å². The van der Waals surface area contributed by atoms with Crippen LogP contribution in [-0.4, -0.2) is 6.61 Å². The fourth-order valence-corrected chi connectivity index (χ4v) is 1.29. The van der Waals surface area contributed by atoms with Crippen molar-refractivity contribution in [2.24, 2.45) is 0 Å². The van der Waals surface area contributed by atoms with Crippen LogP contribution in [0.15, 0.2) is 10.7 Å². The van der Waals surface area contributed by atoms with E-state index in [4.69, 9.17) is 9.15 Å². The van der Waals surface area contributed by atoms with E-state index in [1.54, 1.807) is 0 Å². The van der Waals surface area contributed by atoms with E-state index in [0.717, 1.165) is 25.4 Å². The van der Waals surface area contributed by atoms with E-state index in [1.807, 2.05) is 13.2 Å². The average Bonchev–Trinajstić information content (AvgIpc) is 2.34.